The lowest BCUT2D eigenvalue weighted by Crippen LogP contribution is -2.39. The van der Waals surface area contributed by atoms with Crippen molar-refractivity contribution in [3.8, 4) is 0 Å². The van der Waals surface area contributed by atoms with Crippen molar-refractivity contribution in [2.24, 2.45) is 0 Å². The van der Waals surface area contributed by atoms with Gasteiger partial charge in [0.05, 0.1) is 10.2 Å². The molecule has 1 heterocycles. The zero-order valence-electron chi connectivity index (χ0n) is 17.1. The number of fused-ring (bicyclic) bond motifs is 1. The molecule has 0 spiro atoms. The maximum Gasteiger partial charge on any atom is 0.229 e. The van der Waals surface area contributed by atoms with Gasteiger partial charge in [0.15, 0.2) is 5.13 Å². The summed E-state index contributed by atoms with van der Waals surface area (Å²) in [5.74, 6) is 0.834. The van der Waals surface area contributed by atoms with Crippen molar-refractivity contribution < 1.29 is 4.79 Å². The van der Waals surface area contributed by atoms with Crippen LogP contribution in [0.2, 0.25) is 5.02 Å². The number of benzene rings is 2. The highest BCUT2D eigenvalue weighted by Gasteiger charge is 2.20. The van der Waals surface area contributed by atoms with Gasteiger partial charge in [0.25, 0.3) is 0 Å². The number of hydrogen-bond donors (Lipinski definition) is 0. The van der Waals surface area contributed by atoms with Crippen molar-refractivity contribution in [1.29, 1.82) is 0 Å². The molecule has 0 aliphatic carbocycles. The maximum absolute atomic E-state index is 13.2. The molecule has 0 unspecified atom stereocenters. The molecule has 0 N–H and O–H groups in total. The topological polar surface area (TPSA) is 36.4 Å². The first-order valence-corrected chi connectivity index (χ1v) is 12.9. The highest BCUT2D eigenvalue weighted by Crippen LogP contribution is 2.31. The lowest BCUT2D eigenvalue weighted by Gasteiger charge is -2.24. The van der Waals surface area contributed by atoms with E-state index in [1.165, 1.54) is 0 Å². The number of carbonyl (C=O) groups is 1. The Bertz CT molecular complexity index is 976. The Morgan fingerprint density at radius 3 is 2.57 bits per heavy atom. The fourth-order valence-electron chi connectivity index (χ4n) is 3.03. The van der Waals surface area contributed by atoms with Crippen LogP contribution < -0.4 is 4.90 Å². The molecule has 160 valence electrons. The van der Waals surface area contributed by atoms with Crippen molar-refractivity contribution in [2.75, 3.05) is 36.8 Å². The SMILES string of the molecule is CCN(CC)CCN(C(=O)CCSc1ccc(Cl)cc1)c1nc2ccc(Br)cc2s1. The van der Waals surface area contributed by atoms with Gasteiger partial charge in [-0.2, -0.15) is 0 Å². The average molecular weight is 527 g/mol. The lowest BCUT2D eigenvalue weighted by molar-refractivity contribution is -0.118. The van der Waals surface area contributed by atoms with Gasteiger partial charge in [-0.15, -0.1) is 11.8 Å². The van der Waals surface area contributed by atoms with Gasteiger partial charge in [-0.05, 0) is 55.6 Å². The molecular weight excluding hydrogens is 502 g/mol. The van der Waals surface area contributed by atoms with E-state index in [-0.39, 0.29) is 5.91 Å². The summed E-state index contributed by atoms with van der Waals surface area (Å²) in [6.07, 6.45) is 0.463. The van der Waals surface area contributed by atoms with Crippen LogP contribution in [0.4, 0.5) is 5.13 Å². The average Bonchev–Trinajstić information content (AvgIpc) is 3.15. The fraction of sp³-hybridized carbons (Fsp3) is 0.364. The van der Waals surface area contributed by atoms with Crippen molar-refractivity contribution >= 4 is 71.9 Å². The van der Waals surface area contributed by atoms with Crippen LogP contribution in [0.5, 0.6) is 0 Å². The largest absolute Gasteiger partial charge is 0.302 e. The number of anilines is 1. The molecule has 0 saturated carbocycles. The second-order valence-electron chi connectivity index (χ2n) is 6.73. The van der Waals surface area contributed by atoms with E-state index in [0.29, 0.717) is 13.0 Å². The summed E-state index contributed by atoms with van der Waals surface area (Å²) in [6, 6.07) is 13.8. The molecule has 4 nitrogen and oxygen atoms in total. The summed E-state index contributed by atoms with van der Waals surface area (Å²) in [4.78, 5) is 23.2. The fourth-order valence-corrected chi connectivity index (χ4v) is 5.56. The number of hydrogen-bond acceptors (Lipinski definition) is 5. The van der Waals surface area contributed by atoms with Crippen LogP contribution >= 0.6 is 50.6 Å². The van der Waals surface area contributed by atoms with Gasteiger partial charge in [-0.1, -0.05) is 52.7 Å². The molecule has 1 aromatic heterocycles. The molecule has 0 bridgehead atoms. The molecule has 1 amide bonds. The predicted octanol–water partition coefficient (Wildman–Crippen LogP) is 6.57. The monoisotopic (exact) mass is 525 g/mol. The van der Waals surface area contributed by atoms with Gasteiger partial charge in [-0.3, -0.25) is 9.69 Å². The van der Waals surface area contributed by atoms with E-state index in [9.17, 15) is 4.79 Å². The van der Waals surface area contributed by atoms with Crippen molar-refractivity contribution in [3.05, 3.63) is 52.0 Å². The number of nitrogens with zero attached hydrogens (tertiary/aromatic N) is 3. The number of halogens is 2. The quantitative estimate of drug-likeness (QED) is 0.280. The first-order chi connectivity index (χ1) is 14.5. The van der Waals surface area contributed by atoms with Crippen LogP contribution in [0.25, 0.3) is 10.2 Å². The lowest BCUT2D eigenvalue weighted by atomic mass is 10.3. The summed E-state index contributed by atoms with van der Waals surface area (Å²) in [5, 5.41) is 1.50. The minimum Gasteiger partial charge on any atom is -0.302 e. The molecule has 30 heavy (non-hydrogen) atoms. The minimum atomic E-state index is 0.113. The Balaban J connectivity index is 1.71. The van der Waals surface area contributed by atoms with Crippen LogP contribution in [0.15, 0.2) is 51.8 Å². The van der Waals surface area contributed by atoms with Crippen LogP contribution in [-0.4, -0.2) is 47.7 Å². The first kappa shape index (κ1) is 23.5. The number of thiazole rings is 1. The summed E-state index contributed by atoms with van der Waals surface area (Å²) in [6.45, 7) is 7.71. The Labute approximate surface area is 199 Å². The molecule has 0 saturated heterocycles. The standard InChI is InChI=1S/C22H25BrClN3OS2/c1-3-26(4-2)12-13-27(22-25-19-10-5-16(23)15-20(19)30-22)21(28)11-14-29-18-8-6-17(24)7-9-18/h5-10,15H,3-4,11-14H2,1-2H3. The molecular formula is C22H25BrClN3OS2. The Morgan fingerprint density at radius 2 is 1.87 bits per heavy atom. The number of likely N-dealkylation sites (N-methyl/N-ethyl adjacent to an activating group) is 1. The number of rotatable bonds is 10. The van der Waals surface area contributed by atoms with Gasteiger partial charge in [-0.25, -0.2) is 4.98 Å². The molecule has 0 fully saturated rings. The third-order valence-corrected chi connectivity index (χ3v) is 7.60. The van der Waals surface area contributed by atoms with Crippen molar-refractivity contribution in [3.63, 3.8) is 0 Å². The van der Waals surface area contributed by atoms with Crippen LogP contribution in [-0.2, 0) is 4.79 Å². The molecule has 8 heteroatoms. The maximum atomic E-state index is 13.2. The number of thioether (sulfide) groups is 1. The Morgan fingerprint density at radius 1 is 1.13 bits per heavy atom. The Kier molecular flexibility index (Phi) is 9.01. The molecule has 0 aliphatic heterocycles. The zero-order chi connectivity index (χ0) is 21.5. The first-order valence-electron chi connectivity index (χ1n) is 9.97. The van der Waals surface area contributed by atoms with Crippen molar-refractivity contribution in [1.82, 2.24) is 9.88 Å². The van der Waals surface area contributed by atoms with E-state index in [1.54, 1.807) is 23.1 Å². The van der Waals surface area contributed by atoms with Crippen LogP contribution in [0.1, 0.15) is 20.3 Å². The molecule has 3 aromatic rings. The predicted molar refractivity (Wildman–Crippen MR) is 134 cm³/mol. The summed E-state index contributed by atoms with van der Waals surface area (Å²) >= 11 is 12.7. The second kappa shape index (κ2) is 11.5. The van der Waals surface area contributed by atoms with E-state index in [2.05, 4.69) is 40.7 Å². The van der Waals surface area contributed by atoms with Gasteiger partial charge >= 0.3 is 0 Å². The third-order valence-electron chi connectivity index (χ3n) is 4.80. The van der Waals surface area contributed by atoms with E-state index in [0.717, 1.165) is 55.1 Å². The normalized spacial score (nSPS) is 11.4. The van der Waals surface area contributed by atoms with Gasteiger partial charge in [0.1, 0.15) is 0 Å². The highest BCUT2D eigenvalue weighted by atomic mass is 79.9. The molecule has 0 atom stereocenters. The zero-order valence-corrected chi connectivity index (χ0v) is 21.1. The highest BCUT2D eigenvalue weighted by molar-refractivity contribution is 9.10. The Hall–Kier alpha value is -1.12. The number of aromatic nitrogens is 1. The molecule has 0 aliphatic rings. The molecule has 2 aromatic carbocycles. The summed E-state index contributed by atoms with van der Waals surface area (Å²) in [7, 11) is 0. The van der Waals surface area contributed by atoms with E-state index < -0.39 is 0 Å². The second-order valence-corrected chi connectivity index (χ2v) is 10.3. The third kappa shape index (κ3) is 6.44. The van der Waals surface area contributed by atoms with Crippen LogP contribution in [0.3, 0.4) is 0 Å². The number of amides is 1. The van der Waals surface area contributed by atoms with E-state index in [4.69, 9.17) is 16.6 Å². The molecule has 0 radical (unpaired) electrons. The summed E-state index contributed by atoms with van der Waals surface area (Å²) < 4.78 is 2.10. The summed E-state index contributed by atoms with van der Waals surface area (Å²) in [5.41, 5.74) is 0.925. The van der Waals surface area contributed by atoms with E-state index >= 15 is 0 Å². The van der Waals surface area contributed by atoms with Crippen molar-refractivity contribution in [2.45, 2.75) is 25.2 Å². The molecule has 3 rings (SSSR count). The number of carbonyl (C=O) groups excluding carboxylic acids is 1. The smallest absolute Gasteiger partial charge is 0.229 e. The van der Waals surface area contributed by atoms with Crippen LogP contribution in [0, 0.1) is 0 Å². The van der Waals surface area contributed by atoms with Gasteiger partial charge < -0.3 is 4.90 Å². The van der Waals surface area contributed by atoms with E-state index in [1.807, 2.05) is 41.3 Å². The van der Waals surface area contributed by atoms with Gasteiger partial charge in [0.2, 0.25) is 5.91 Å². The van der Waals surface area contributed by atoms with Gasteiger partial charge in [0, 0.05) is 39.7 Å². The minimum absolute atomic E-state index is 0.113.